The maximum absolute atomic E-state index is 12.9. The summed E-state index contributed by atoms with van der Waals surface area (Å²) in [5, 5.41) is 9.32. The molecule has 4 rings (SSSR count). The Hall–Kier alpha value is -1.83. The van der Waals surface area contributed by atoms with Gasteiger partial charge in [0.25, 0.3) is 0 Å². The number of fused-ring (bicyclic) bond motifs is 1. The predicted molar refractivity (Wildman–Crippen MR) is 103 cm³/mol. The van der Waals surface area contributed by atoms with E-state index in [1.807, 2.05) is 12.1 Å². The molecule has 1 aliphatic heterocycles. The number of hydrogen-bond donors (Lipinski definition) is 0. The Balaban J connectivity index is 1.45. The second-order valence-electron chi connectivity index (χ2n) is 6.98. The van der Waals surface area contributed by atoms with Crippen molar-refractivity contribution in [3.8, 4) is 0 Å². The molecule has 1 fully saturated rings. The molecule has 148 valence electrons. The first kappa shape index (κ1) is 19.5. The van der Waals surface area contributed by atoms with Gasteiger partial charge in [-0.05, 0) is 48.7 Å². The van der Waals surface area contributed by atoms with E-state index in [-0.39, 0.29) is 11.6 Å². The molecule has 0 radical (unpaired) electrons. The summed E-state index contributed by atoms with van der Waals surface area (Å²) >= 11 is 12.2. The predicted octanol–water partition coefficient (Wildman–Crippen LogP) is 5.59. The van der Waals surface area contributed by atoms with Gasteiger partial charge in [0, 0.05) is 29.7 Å². The summed E-state index contributed by atoms with van der Waals surface area (Å²) in [6.07, 6.45) is -2.71. The van der Waals surface area contributed by atoms with Gasteiger partial charge in [-0.1, -0.05) is 34.5 Å². The van der Waals surface area contributed by atoms with Crippen LogP contribution in [0.2, 0.25) is 10.0 Å². The minimum Gasteiger partial charge on any atom is -0.299 e. The number of rotatable bonds is 3. The van der Waals surface area contributed by atoms with Crippen LogP contribution in [-0.4, -0.2) is 33.0 Å². The molecule has 0 saturated carbocycles. The molecule has 2 heterocycles. The summed E-state index contributed by atoms with van der Waals surface area (Å²) < 4.78 is 40.4. The number of likely N-dealkylation sites (tertiary alicyclic amines) is 1. The molecule has 0 amide bonds. The summed E-state index contributed by atoms with van der Waals surface area (Å²) in [7, 11) is 0. The lowest BCUT2D eigenvalue weighted by molar-refractivity contribution is -0.137. The van der Waals surface area contributed by atoms with E-state index in [4.69, 9.17) is 23.2 Å². The van der Waals surface area contributed by atoms with Crippen LogP contribution >= 0.6 is 23.2 Å². The van der Waals surface area contributed by atoms with E-state index in [1.165, 1.54) is 6.07 Å². The SMILES string of the molecule is FC(F)(F)c1ccc2c(c1)nnn2C1CCN(Cc2ccc(Cl)cc2Cl)CC1. The third kappa shape index (κ3) is 3.97. The van der Waals surface area contributed by atoms with E-state index in [0.717, 1.165) is 50.2 Å². The van der Waals surface area contributed by atoms with Gasteiger partial charge in [0.1, 0.15) is 5.52 Å². The molecule has 0 atom stereocenters. The lowest BCUT2D eigenvalue weighted by Gasteiger charge is -2.32. The maximum atomic E-state index is 12.9. The molecule has 0 N–H and O–H groups in total. The topological polar surface area (TPSA) is 34.0 Å². The Labute approximate surface area is 169 Å². The highest BCUT2D eigenvalue weighted by Crippen LogP contribution is 2.32. The Bertz CT molecular complexity index is 994. The fraction of sp³-hybridized carbons (Fsp3) is 0.368. The molecule has 2 aromatic carbocycles. The van der Waals surface area contributed by atoms with Crippen molar-refractivity contribution >= 4 is 34.2 Å². The van der Waals surface area contributed by atoms with Crippen LogP contribution in [0.15, 0.2) is 36.4 Å². The minimum absolute atomic E-state index is 0.110. The van der Waals surface area contributed by atoms with Crippen molar-refractivity contribution in [1.29, 1.82) is 0 Å². The average molecular weight is 429 g/mol. The molecule has 0 bridgehead atoms. The zero-order valence-electron chi connectivity index (χ0n) is 14.8. The van der Waals surface area contributed by atoms with E-state index in [1.54, 1.807) is 10.7 Å². The monoisotopic (exact) mass is 428 g/mol. The van der Waals surface area contributed by atoms with Gasteiger partial charge in [-0.15, -0.1) is 5.10 Å². The molecule has 1 aromatic heterocycles. The van der Waals surface area contributed by atoms with E-state index < -0.39 is 11.7 Å². The molecule has 28 heavy (non-hydrogen) atoms. The molecule has 1 aliphatic rings. The molecule has 0 aliphatic carbocycles. The Morgan fingerprint density at radius 2 is 1.79 bits per heavy atom. The Kier molecular flexibility index (Phi) is 5.24. The maximum Gasteiger partial charge on any atom is 0.416 e. The van der Waals surface area contributed by atoms with Crippen LogP contribution in [0, 0.1) is 0 Å². The van der Waals surface area contributed by atoms with Gasteiger partial charge in [0.05, 0.1) is 17.1 Å². The molecule has 3 aromatic rings. The van der Waals surface area contributed by atoms with Gasteiger partial charge < -0.3 is 0 Å². The number of hydrogen-bond acceptors (Lipinski definition) is 3. The lowest BCUT2D eigenvalue weighted by Crippen LogP contribution is -2.34. The van der Waals surface area contributed by atoms with Gasteiger partial charge in [-0.2, -0.15) is 13.2 Å². The fourth-order valence-corrected chi connectivity index (χ4v) is 4.07. The van der Waals surface area contributed by atoms with Gasteiger partial charge in [-0.25, -0.2) is 4.68 Å². The van der Waals surface area contributed by atoms with Crippen LogP contribution in [0.5, 0.6) is 0 Å². The number of halogens is 5. The third-order valence-electron chi connectivity index (χ3n) is 5.11. The van der Waals surface area contributed by atoms with E-state index in [2.05, 4.69) is 15.2 Å². The van der Waals surface area contributed by atoms with Crippen LogP contribution in [0.3, 0.4) is 0 Å². The minimum atomic E-state index is -4.38. The van der Waals surface area contributed by atoms with E-state index >= 15 is 0 Å². The molecular weight excluding hydrogens is 412 g/mol. The fourth-order valence-electron chi connectivity index (χ4n) is 3.60. The summed E-state index contributed by atoms with van der Waals surface area (Å²) in [4.78, 5) is 2.30. The number of aromatic nitrogens is 3. The molecule has 1 saturated heterocycles. The number of piperidine rings is 1. The van der Waals surface area contributed by atoms with Crippen LogP contribution in [0.1, 0.15) is 30.0 Å². The van der Waals surface area contributed by atoms with Gasteiger partial charge in [0.2, 0.25) is 0 Å². The summed E-state index contributed by atoms with van der Waals surface area (Å²) in [5.74, 6) is 0. The second kappa shape index (κ2) is 7.54. The van der Waals surface area contributed by atoms with Crippen LogP contribution < -0.4 is 0 Å². The first-order valence-corrected chi connectivity index (χ1v) is 9.65. The standard InChI is InChI=1S/C19H17Cl2F3N4/c20-14-3-1-12(16(21)10-14)11-27-7-5-15(6-8-27)28-18-4-2-13(19(22,23)24)9-17(18)25-26-28/h1-4,9-10,15H,5-8,11H2. The Morgan fingerprint density at radius 1 is 1.04 bits per heavy atom. The van der Waals surface area contributed by atoms with Gasteiger partial charge in [-0.3, -0.25) is 4.90 Å². The number of alkyl halides is 3. The van der Waals surface area contributed by atoms with E-state index in [0.29, 0.717) is 15.6 Å². The van der Waals surface area contributed by atoms with Crippen molar-refractivity contribution < 1.29 is 13.2 Å². The normalized spacial score (nSPS) is 16.8. The third-order valence-corrected chi connectivity index (χ3v) is 5.70. The van der Waals surface area contributed by atoms with Gasteiger partial charge >= 0.3 is 6.18 Å². The summed E-state index contributed by atoms with van der Waals surface area (Å²) in [6, 6.07) is 9.20. The molecule has 0 spiro atoms. The largest absolute Gasteiger partial charge is 0.416 e. The summed E-state index contributed by atoms with van der Waals surface area (Å²) in [6.45, 7) is 2.41. The van der Waals surface area contributed by atoms with Crippen molar-refractivity contribution in [2.75, 3.05) is 13.1 Å². The Morgan fingerprint density at radius 3 is 2.46 bits per heavy atom. The quantitative estimate of drug-likeness (QED) is 0.544. The van der Waals surface area contributed by atoms with Crippen LogP contribution in [-0.2, 0) is 12.7 Å². The summed E-state index contributed by atoms with van der Waals surface area (Å²) in [5.41, 5.74) is 1.22. The van der Waals surface area contributed by atoms with Crippen molar-refractivity contribution in [2.45, 2.75) is 31.6 Å². The molecule has 0 unspecified atom stereocenters. The molecular formula is C19H17Cl2F3N4. The highest BCUT2D eigenvalue weighted by molar-refractivity contribution is 6.35. The van der Waals surface area contributed by atoms with Crippen molar-refractivity contribution in [1.82, 2.24) is 19.9 Å². The van der Waals surface area contributed by atoms with Crippen molar-refractivity contribution in [3.63, 3.8) is 0 Å². The zero-order chi connectivity index (χ0) is 19.9. The van der Waals surface area contributed by atoms with E-state index in [9.17, 15) is 13.2 Å². The van der Waals surface area contributed by atoms with Crippen LogP contribution in [0.25, 0.3) is 11.0 Å². The van der Waals surface area contributed by atoms with Crippen molar-refractivity contribution in [3.05, 3.63) is 57.6 Å². The lowest BCUT2D eigenvalue weighted by atomic mass is 10.0. The highest BCUT2D eigenvalue weighted by atomic mass is 35.5. The smallest absolute Gasteiger partial charge is 0.299 e. The first-order valence-electron chi connectivity index (χ1n) is 8.90. The molecule has 4 nitrogen and oxygen atoms in total. The molecule has 9 heteroatoms. The second-order valence-corrected chi connectivity index (χ2v) is 7.82. The average Bonchev–Trinajstić information content (AvgIpc) is 3.07. The van der Waals surface area contributed by atoms with Crippen molar-refractivity contribution in [2.24, 2.45) is 0 Å². The first-order chi connectivity index (χ1) is 13.3. The highest BCUT2D eigenvalue weighted by Gasteiger charge is 2.31. The number of benzene rings is 2. The number of nitrogens with zero attached hydrogens (tertiary/aromatic N) is 4. The van der Waals surface area contributed by atoms with Gasteiger partial charge in [0.15, 0.2) is 0 Å². The zero-order valence-corrected chi connectivity index (χ0v) is 16.3. The van der Waals surface area contributed by atoms with Crippen LogP contribution in [0.4, 0.5) is 13.2 Å².